The van der Waals surface area contributed by atoms with Crippen LogP contribution in [0.2, 0.25) is 0 Å². The number of halogens is 2. The van der Waals surface area contributed by atoms with Crippen molar-refractivity contribution in [3.8, 4) is 5.75 Å². The van der Waals surface area contributed by atoms with Crippen molar-refractivity contribution in [1.82, 2.24) is 0 Å². The van der Waals surface area contributed by atoms with E-state index in [9.17, 15) is 4.39 Å². The Labute approximate surface area is 112 Å². The monoisotopic (exact) mass is 315 g/mol. The lowest BCUT2D eigenvalue weighted by Gasteiger charge is -2.07. The smallest absolute Gasteiger partial charge is 0.167 e. The van der Waals surface area contributed by atoms with Crippen LogP contribution in [0.25, 0.3) is 0 Å². The van der Waals surface area contributed by atoms with Gasteiger partial charge in [-0.2, -0.15) is 0 Å². The predicted octanol–water partition coefficient (Wildman–Crippen LogP) is 4.27. The van der Waals surface area contributed by atoms with E-state index in [0.717, 1.165) is 9.47 Å². The Morgan fingerprint density at radius 1 is 1.35 bits per heavy atom. The molecule has 0 saturated heterocycles. The summed E-state index contributed by atoms with van der Waals surface area (Å²) < 4.78 is 19.4. The van der Waals surface area contributed by atoms with Gasteiger partial charge in [-0.3, -0.25) is 0 Å². The number of hydrogen-bond donors (Lipinski definition) is 1. The molecule has 2 nitrogen and oxygen atoms in total. The van der Waals surface area contributed by atoms with Crippen LogP contribution in [0.15, 0.2) is 34.1 Å². The van der Waals surface area contributed by atoms with Crippen LogP contribution in [0.3, 0.4) is 0 Å². The molecular formula is C12H11BrFNOS. The zero-order valence-corrected chi connectivity index (χ0v) is 11.6. The summed E-state index contributed by atoms with van der Waals surface area (Å²) >= 11 is 5.06. The number of rotatable bonds is 4. The Bertz CT molecular complexity index is 515. The van der Waals surface area contributed by atoms with Crippen molar-refractivity contribution in [3.05, 3.63) is 44.8 Å². The molecule has 5 heteroatoms. The van der Waals surface area contributed by atoms with Crippen LogP contribution in [0, 0.1) is 5.82 Å². The molecule has 90 valence electrons. The Morgan fingerprint density at radius 3 is 2.76 bits per heavy atom. The second-order valence-corrected chi connectivity index (χ2v) is 5.96. The molecule has 0 aliphatic carbocycles. The van der Waals surface area contributed by atoms with Crippen LogP contribution in [-0.2, 0) is 6.54 Å². The molecule has 0 saturated carbocycles. The van der Waals surface area contributed by atoms with Gasteiger partial charge in [-0.05, 0) is 40.2 Å². The first-order valence-electron chi connectivity index (χ1n) is 5.00. The van der Waals surface area contributed by atoms with Crippen LogP contribution >= 0.6 is 27.3 Å². The van der Waals surface area contributed by atoms with Crippen molar-refractivity contribution >= 4 is 33.0 Å². The van der Waals surface area contributed by atoms with Crippen molar-refractivity contribution in [2.24, 2.45) is 0 Å². The van der Waals surface area contributed by atoms with Crippen LogP contribution in [0.1, 0.15) is 4.88 Å². The van der Waals surface area contributed by atoms with Crippen molar-refractivity contribution in [1.29, 1.82) is 0 Å². The van der Waals surface area contributed by atoms with Gasteiger partial charge in [-0.25, -0.2) is 4.39 Å². The Balaban J connectivity index is 2.02. The highest BCUT2D eigenvalue weighted by molar-refractivity contribution is 9.11. The normalized spacial score (nSPS) is 10.3. The average Bonchev–Trinajstić information content (AvgIpc) is 2.73. The largest absolute Gasteiger partial charge is 0.494 e. The van der Waals surface area contributed by atoms with E-state index in [2.05, 4.69) is 21.2 Å². The van der Waals surface area contributed by atoms with Gasteiger partial charge in [-0.15, -0.1) is 11.3 Å². The van der Waals surface area contributed by atoms with Gasteiger partial charge in [0.25, 0.3) is 0 Å². The third-order valence-electron chi connectivity index (χ3n) is 2.25. The Morgan fingerprint density at radius 2 is 2.18 bits per heavy atom. The second kappa shape index (κ2) is 5.51. The molecule has 0 bridgehead atoms. The van der Waals surface area contributed by atoms with E-state index in [1.807, 2.05) is 12.1 Å². The third-order valence-corrected chi connectivity index (χ3v) is 3.87. The number of methoxy groups -OCH3 is 1. The minimum absolute atomic E-state index is 0.259. The van der Waals surface area contributed by atoms with Crippen molar-refractivity contribution in [2.75, 3.05) is 12.4 Å². The molecule has 1 aromatic carbocycles. The Hall–Kier alpha value is -1.07. The summed E-state index contributed by atoms with van der Waals surface area (Å²) in [5.74, 6) is -0.0979. The molecule has 0 amide bonds. The quantitative estimate of drug-likeness (QED) is 0.909. The first-order valence-corrected chi connectivity index (χ1v) is 6.61. The van der Waals surface area contributed by atoms with E-state index in [4.69, 9.17) is 4.74 Å². The maximum Gasteiger partial charge on any atom is 0.167 e. The first-order chi connectivity index (χ1) is 8.19. The lowest BCUT2D eigenvalue weighted by Crippen LogP contribution is -1.98. The van der Waals surface area contributed by atoms with Crippen LogP contribution in [-0.4, -0.2) is 7.11 Å². The summed E-state index contributed by atoms with van der Waals surface area (Å²) in [5, 5.41) is 3.16. The molecule has 0 unspecified atom stereocenters. The van der Waals surface area contributed by atoms with Crippen LogP contribution < -0.4 is 10.1 Å². The van der Waals surface area contributed by atoms with Crippen LogP contribution in [0.5, 0.6) is 5.75 Å². The van der Waals surface area contributed by atoms with E-state index < -0.39 is 0 Å². The molecule has 1 N–H and O–H groups in total. The SMILES string of the molecule is COc1ccc(NCc2ccc(Br)s2)cc1F. The molecule has 2 aromatic rings. The van der Waals surface area contributed by atoms with Crippen molar-refractivity contribution in [2.45, 2.75) is 6.54 Å². The van der Waals surface area contributed by atoms with E-state index >= 15 is 0 Å². The molecule has 1 aromatic heterocycles. The number of thiophene rings is 1. The van der Waals surface area contributed by atoms with E-state index in [-0.39, 0.29) is 11.6 Å². The zero-order valence-electron chi connectivity index (χ0n) is 9.17. The van der Waals surface area contributed by atoms with Crippen molar-refractivity contribution in [3.63, 3.8) is 0 Å². The van der Waals surface area contributed by atoms with Crippen LogP contribution in [0.4, 0.5) is 10.1 Å². The number of ether oxygens (including phenoxy) is 1. The molecular weight excluding hydrogens is 305 g/mol. The van der Waals surface area contributed by atoms with Gasteiger partial charge in [0, 0.05) is 23.2 Å². The van der Waals surface area contributed by atoms with Gasteiger partial charge in [0.1, 0.15) is 0 Å². The fraction of sp³-hybridized carbons (Fsp3) is 0.167. The molecule has 1 heterocycles. The van der Waals surface area contributed by atoms with Gasteiger partial charge in [0.05, 0.1) is 10.9 Å². The standard InChI is InChI=1S/C12H11BrFNOS/c1-16-11-4-2-8(6-10(11)14)15-7-9-3-5-12(13)17-9/h2-6,15H,7H2,1H3. The molecule has 0 spiro atoms. The molecule has 0 atom stereocenters. The predicted molar refractivity (Wildman–Crippen MR) is 72.3 cm³/mol. The molecule has 2 rings (SSSR count). The maximum absolute atomic E-state index is 13.4. The third kappa shape index (κ3) is 3.20. The van der Waals surface area contributed by atoms with E-state index in [1.165, 1.54) is 18.1 Å². The molecule has 0 aliphatic rings. The van der Waals surface area contributed by atoms with Gasteiger partial charge >= 0.3 is 0 Å². The zero-order chi connectivity index (χ0) is 12.3. The van der Waals surface area contributed by atoms with Gasteiger partial charge in [0.2, 0.25) is 0 Å². The van der Waals surface area contributed by atoms with E-state index in [0.29, 0.717) is 6.54 Å². The Kier molecular flexibility index (Phi) is 4.02. The summed E-state index contributed by atoms with van der Waals surface area (Å²) in [4.78, 5) is 1.19. The summed E-state index contributed by atoms with van der Waals surface area (Å²) in [6.07, 6.45) is 0. The molecule has 0 fully saturated rings. The fourth-order valence-corrected chi connectivity index (χ4v) is 2.84. The van der Waals surface area contributed by atoms with Gasteiger partial charge in [0.15, 0.2) is 11.6 Å². The lowest BCUT2D eigenvalue weighted by molar-refractivity contribution is 0.386. The highest BCUT2D eigenvalue weighted by atomic mass is 79.9. The van der Waals surface area contributed by atoms with E-state index in [1.54, 1.807) is 23.5 Å². The highest BCUT2D eigenvalue weighted by Crippen LogP contribution is 2.24. The second-order valence-electron chi connectivity index (χ2n) is 3.41. The van der Waals surface area contributed by atoms with Crippen molar-refractivity contribution < 1.29 is 9.13 Å². The topological polar surface area (TPSA) is 21.3 Å². The molecule has 0 radical (unpaired) electrons. The maximum atomic E-state index is 13.4. The molecule has 0 aliphatic heterocycles. The summed E-state index contributed by atoms with van der Waals surface area (Å²) in [6, 6.07) is 8.87. The minimum Gasteiger partial charge on any atom is -0.494 e. The summed E-state index contributed by atoms with van der Waals surface area (Å²) in [5.41, 5.74) is 0.743. The lowest BCUT2D eigenvalue weighted by atomic mass is 10.3. The minimum atomic E-state index is -0.357. The number of nitrogens with one attached hydrogen (secondary N) is 1. The fourth-order valence-electron chi connectivity index (χ4n) is 1.41. The number of anilines is 1. The molecule has 17 heavy (non-hydrogen) atoms. The van der Waals surface area contributed by atoms with Gasteiger partial charge in [-0.1, -0.05) is 0 Å². The number of hydrogen-bond acceptors (Lipinski definition) is 3. The number of benzene rings is 1. The average molecular weight is 316 g/mol. The first kappa shape index (κ1) is 12.4. The summed E-state index contributed by atoms with van der Waals surface area (Å²) in [6.45, 7) is 0.683. The highest BCUT2D eigenvalue weighted by Gasteiger charge is 2.03. The van der Waals surface area contributed by atoms with Gasteiger partial charge < -0.3 is 10.1 Å². The summed E-state index contributed by atoms with van der Waals surface area (Å²) in [7, 11) is 1.45.